The fourth-order valence-corrected chi connectivity index (χ4v) is 3.08. The van der Waals surface area contributed by atoms with E-state index in [1.807, 2.05) is 4.72 Å². The third kappa shape index (κ3) is 3.08. The Morgan fingerprint density at radius 1 is 1.31 bits per heavy atom. The standard InChI is InChI=1S/C8H7Cl2NO4S/c9-5-2-1-3-6(10)8(5)16(14,15)11-4-7(12)13/h1-3,11H,4H2,(H,12,13). The Morgan fingerprint density at radius 2 is 1.81 bits per heavy atom. The first-order valence-electron chi connectivity index (χ1n) is 4.00. The third-order valence-electron chi connectivity index (χ3n) is 1.60. The molecule has 0 radical (unpaired) electrons. The Hall–Kier alpha value is -0.820. The lowest BCUT2D eigenvalue weighted by Crippen LogP contribution is -2.29. The van der Waals surface area contributed by atoms with Crippen molar-refractivity contribution < 1.29 is 18.3 Å². The van der Waals surface area contributed by atoms with Crippen LogP contribution in [-0.4, -0.2) is 26.0 Å². The number of nitrogens with one attached hydrogen (secondary N) is 1. The highest BCUT2D eigenvalue weighted by Crippen LogP contribution is 2.28. The molecule has 1 aromatic rings. The van der Waals surface area contributed by atoms with Crippen molar-refractivity contribution in [3.8, 4) is 0 Å². The van der Waals surface area contributed by atoms with Gasteiger partial charge in [0, 0.05) is 0 Å². The lowest BCUT2D eigenvalue weighted by Gasteiger charge is -2.08. The van der Waals surface area contributed by atoms with Gasteiger partial charge in [0.25, 0.3) is 0 Å². The molecule has 0 amide bonds. The number of sulfonamides is 1. The Morgan fingerprint density at radius 3 is 2.25 bits per heavy atom. The Kier molecular flexibility index (Phi) is 4.15. The van der Waals surface area contributed by atoms with Gasteiger partial charge in [-0.1, -0.05) is 29.3 Å². The van der Waals surface area contributed by atoms with Crippen LogP contribution in [0.1, 0.15) is 0 Å². The first kappa shape index (κ1) is 13.2. The highest BCUT2D eigenvalue weighted by molar-refractivity contribution is 7.89. The maximum Gasteiger partial charge on any atom is 0.318 e. The van der Waals surface area contributed by atoms with Crippen LogP contribution in [0.25, 0.3) is 0 Å². The average molecular weight is 284 g/mol. The van der Waals surface area contributed by atoms with Gasteiger partial charge in [0.2, 0.25) is 10.0 Å². The minimum atomic E-state index is -4.01. The molecule has 0 saturated carbocycles. The van der Waals surface area contributed by atoms with Gasteiger partial charge >= 0.3 is 5.97 Å². The smallest absolute Gasteiger partial charge is 0.318 e. The molecule has 2 N–H and O–H groups in total. The number of hydrogen-bond donors (Lipinski definition) is 2. The molecule has 0 spiro atoms. The molecule has 0 fully saturated rings. The zero-order valence-electron chi connectivity index (χ0n) is 7.78. The molecular formula is C8H7Cl2NO4S. The molecule has 1 aromatic carbocycles. The van der Waals surface area contributed by atoms with Crippen LogP contribution < -0.4 is 4.72 Å². The Labute approximate surface area is 102 Å². The van der Waals surface area contributed by atoms with E-state index < -0.39 is 22.5 Å². The van der Waals surface area contributed by atoms with Crippen LogP contribution >= 0.6 is 23.2 Å². The van der Waals surface area contributed by atoms with Crippen LogP contribution in [0.4, 0.5) is 0 Å². The molecule has 0 heterocycles. The van der Waals surface area contributed by atoms with Crippen molar-refractivity contribution in [3.05, 3.63) is 28.2 Å². The fourth-order valence-electron chi connectivity index (χ4n) is 0.968. The van der Waals surface area contributed by atoms with E-state index in [-0.39, 0.29) is 14.9 Å². The normalized spacial score (nSPS) is 11.4. The van der Waals surface area contributed by atoms with Gasteiger partial charge in [-0.15, -0.1) is 0 Å². The van der Waals surface area contributed by atoms with Gasteiger partial charge in [0.05, 0.1) is 10.0 Å². The lowest BCUT2D eigenvalue weighted by molar-refractivity contribution is -0.135. The molecule has 8 heteroatoms. The zero-order valence-corrected chi connectivity index (χ0v) is 10.1. The molecule has 1 rings (SSSR count). The van der Waals surface area contributed by atoms with Crippen LogP contribution in [0.3, 0.4) is 0 Å². The molecule has 0 aliphatic carbocycles. The molecule has 0 aromatic heterocycles. The lowest BCUT2D eigenvalue weighted by atomic mass is 10.4. The van der Waals surface area contributed by atoms with E-state index in [0.717, 1.165) is 0 Å². The summed E-state index contributed by atoms with van der Waals surface area (Å²) < 4.78 is 25.1. The van der Waals surface area contributed by atoms with Gasteiger partial charge in [-0.05, 0) is 12.1 Å². The second kappa shape index (κ2) is 5.01. The van der Waals surface area contributed by atoms with Crippen molar-refractivity contribution in [2.24, 2.45) is 0 Å². The van der Waals surface area contributed by atoms with Gasteiger partial charge in [-0.3, -0.25) is 4.79 Å². The van der Waals surface area contributed by atoms with Crippen LogP contribution in [0.15, 0.2) is 23.1 Å². The molecule has 0 atom stereocenters. The first-order chi connectivity index (χ1) is 7.34. The minimum absolute atomic E-state index is 0.0645. The summed E-state index contributed by atoms with van der Waals surface area (Å²) in [6, 6.07) is 4.19. The van der Waals surface area contributed by atoms with Gasteiger partial charge in [0.15, 0.2) is 0 Å². The van der Waals surface area contributed by atoms with Crippen molar-refractivity contribution >= 4 is 39.2 Å². The molecule has 88 valence electrons. The fraction of sp³-hybridized carbons (Fsp3) is 0.125. The van der Waals surface area contributed by atoms with Gasteiger partial charge in [0.1, 0.15) is 11.4 Å². The van der Waals surface area contributed by atoms with Gasteiger partial charge in [-0.2, -0.15) is 4.72 Å². The number of carboxylic acid groups (broad SMARTS) is 1. The predicted molar refractivity (Wildman–Crippen MR) is 59.3 cm³/mol. The molecule has 0 aliphatic heterocycles. The molecule has 0 saturated heterocycles. The van der Waals surface area contributed by atoms with E-state index in [4.69, 9.17) is 28.3 Å². The number of carboxylic acids is 1. The summed E-state index contributed by atoms with van der Waals surface area (Å²) in [7, 11) is -4.01. The van der Waals surface area contributed by atoms with E-state index >= 15 is 0 Å². The molecule has 5 nitrogen and oxygen atoms in total. The maximum atomic E-state index is 11.6. The quantitative estimate of drug-likeness (QED) is 0.874. The van der Waals surface area contributed by atoms with Gasteiger partial charge < -0.3 is 5.11 Å². The van der Waals surface area contributed by atoms with Gasteiger partial charge in [-0.25, -0.2) is 8.42 Å². The SMILES string of the molecule is O=C(O)CNS(=O)(=O)c1c(Cl)cccc1Cl. The van der Waals surface area contributed by atoms with E-state index in [0.29, 0.717) is 0 Å². The number of hydrogen-bond acceptors (Lipinski definition) is 3. The number of halogens is 2. The summed E-state index contributed by atoms with van der Waals surface area (Å²) >= 11 is 11.4. The number of rotatable bonds is 4. The Bertz CT molecular complexity index is 495. The first-order valence-corrected chi connectivity index (χ1v) is 6.24. The largest absolute Gasteiger partial charge is 0.480 e. The summed E-state index contributed by atoms with van der Waals surface area (Å²) in [5.74, 6) is -1.30. The van der Waals surface area contributed by atoms with Crippen molar-refractivity contribution in [1.29, 1.82) is 0 Å². The number of carbonyl (C=O) groups is 1. The molecule has 0 aliphatic rings. The van der Waals surface area contributed by atoms with Crippen LogP contribution in [0.5, 0.6) is 0 Å². The highest BCUT2D eigenvalue weighted by atomic mass is 35.5. The second-order valence-electron chi connectivity index (χ2n) is 2.77. The minimum Gasteiger partial charge on any atom is -0.480 e. The summed E-state index contributed by atoms with van der Waals surface area (Å²) in [5.41, 5.74) is 0. The zero-order chi connectivity index (χ0) is 12.3. The van der Waals surface area contributed by atoms with Crippen LogP contribution in [0.2, 0.25) is 10.0 Å². The maximum absolute atomic E-state index is 11.6. The predicted octanol–water partition coefficient (Wildman–Crippen LogP) is 1.36. The molecular weight excluding hydrogens is 277 g/mol. The average Bonchev–Trinajstić information content (AvgIpc) is 2.14. The van der Waals surface area contributed by atoms with Crippen molar-refractivity contribution in [3.63, 3.8) is 0 Å². The van der Waals surface area contributed by atoms with E-state index in [1.165, 1.54) is 18.2 Å². The second-order valence-corrected chi connectivity index (χ2v) is 5.29. The molecule has 0 unspecified atom stereocenters. The van der Waals surface area contributed by atoms with E-state index in [2.05, 4.69) is 0 Å². The highest BCUT2D eigenvalue weighted by Gasteiger charge is 2.21. The Balaban J connectivity index is 3.12. The monoisotopic (exact) mass is 283 g/mol. The van der Waals surface area contributed by atoms with Crippen molar-refractivity contribution in [1.82, 2.24) is 4.72 Å². The summed E-state index contributed by atoms with van der Waals surface area (Å²) in [4.78, 5) is 9.93. The van der Waals surface area contributed by atoms with E-state index in [1.54, 1.807) is 0 Å². The van der Waals surface area contributed by atoms with E-state index in [9.17, 15) is 13.2 Å². The summed E-state index contributed by atoms with van der Waals surface area (Å²) in [6.45, 7) is -0.732. The van der Waals surface area contributed by atoms with Crippen LogP contribution in [0, 0.1) is 0 Å². The van der Waals surface area contributed by atoms with Crippen molar-refractivity contribution in [2.45, 2.75) is 4.90 Å². The summed E-state index contributed by atoms with van der Waals surface area (Å²) in [5, 5.41) is 8.24. The molecule has 16 heavy (non-hydrogen) atoms. The topological polar surface area (TPSA) is 83.5 Å². The van der Waals surface area contributed by atoms with Crippen molar-refractivity contribution in [2.75, 3.05) is 6.54 Å². The summed E-state index contributed by atoms with van der Waals surface area (Å²) in [6.07, 6.45) is 0. The third-order valence-corrected chi connectivity index (χ3v) is 3.96. The number of benzene rings is 1. The van der Waals surface area contributed by atoms with Crippen LogP contribution in [-0.2, 0) is 14.8 Å². The molecule has 0 bridgehead atoms. The number of aliphatic carboxylic acids is 1.